The van der Waals surface area contributed by atoms with Crippen LogP contribution in [0.5, 0.6) is 5.75 Å². The number of aromatic carboxylic acids is 1. The van der Waals surface area contributed by atoms with Crippen molar-refractivity contribution in [1.82, 2.24) is 0 Å². The van der Waals surface area contributed by atoms with Gasteiger partial charge in [0, 0.05) is 17.3 Å². The van der Waals surface area contributed by atoms with Crippen molar-refractivity contribution < 1.29 is 19.0 Å². The van der Waals surface area contributed by atoms with Crippen LogP contribution in [-0.2, 0) is 6.61 Å². The standard InChI is InChI=1S/C14H11ClFNO3/c15-11-3-1-2-8(13(11)16)7-20-12-6-9(17)4-5-10(12)14(18)19/h1-6H,7,17H2,(H,18,19). The summed E-state index contributed by atoms with van der Waals surface area (Å²) in [5, 5.41) is 9.02. The fraction of sp³-hybridized carbons (Fsp3) is 0.0714. The molecule has 0 unspecified atom stereocenters. The molecule has 3 N–H and O–H groups in total. The summed E-state index contributed by atoms with van der Waals surface area (Å²) >= 11 is 5.66. The third-order valence-electron chi connectivity index (χ3n) is 2.65. The molecule has 0 aromatic heterocycles. The van der Waals surface area contributed by atoms with Crippen LogP contribution in [-0.4, -0.2) is 11.1 Å². The molecule has 4 nitrogen and oxygen atoms in total. The number of halogens is 2. The summed E-state index contributed by atoms with van der Waals surface area (Å²) in [6, 6.07) is 8.68. The zero-order chi connectivity index (χ0) is 14.7. The third kappa shape index (κ3) is 3.00. The third-order valence-corrected chi connectivity index (χ3v) is 2.94. The van der Waals surface area contributed by atoms with Crippen molar-refractivity contribution in [2.45, 2.75) is 6.61 Å². The number of benzene rings is 2. The van der Waals surface area contributed by atoms with Crippen LogP contribution in [0.2, 0.25) is 5.02 Å². The SMILES string of the molecule is Nc1ccc(C(=O)O)c(OCc2cccc(Cl)c2F)c1. The summed E-state index contributed by atoms with van der Waals surface area (Å²) in [4.78, 5) is 11.0. The molecule has 0 bridgehead atoms. The molecule has 0 spiro atoms. The van der Waals surface area contributed by atoms with Crippen LogP contribution in [0.3, 0.4) is 0 Å². The van der Waals surface area contributed by atoms with E-state index in [1.807, 2.05) is 0 Å². The van der Waals surface area contributed by atoms with E-state index in [0.717, 1.165) is 0 Å². The quantitative estimate of drug-likeness (QED) is 0.849. The van der Waals surface area contributed by atoms with Gasteiger partial charge >= 0.3 is 5.97 Å². The van der Waals surface area contributed by atoms with Gasteiger partial charge in [0.25, 0.3) is 0 Å². The lowest BCUT2D eigenvalue weighted by atomic mass is 10.2. The zero-order valence-electron chi connectivity index (χ0n) is 10.3. The molecule has 0 aliphatic carbocycles. The highest BCUT2D eigenvalue weighted by Crippen LogP contribution is 2.24. The zero-order valence-corrected chi connectivity index (χ0v) is 11.0. The van der Waals surface area contributed by atoms with Crippen LogP contribution >= 0.6 is 11.6 Å². The Labute approximate surface area is 119 Å². The van der Waals surface area contributed by atoms with Gasteiger partial charge in [-0.1, -0.05) is 23.7 Å². The van der Waals surface area contributed by atoms with Crippen molar-refractivity contribution in [2.75, 3.05) is 5.73 Å². The number of ether oxygens (including phenoxy) is 1. The normalized spacial score (nSPS) is 10.3. The molecule has 0 fully saturated rings. The fourth-order valence-electron chi connectivity index (χ4n) is 1.65. The highest BCUT2D eigenvalue weighted by atomic mass is 35.5. The van der Waals surface area contributed by atoms with Gasteiger partial charge in [-0.15, -0.1) is 0 Å². The van der Waals surface area contributed by atoms with Crippen LogP contribution in [0.4, 0.5) is 10.1 Å². The molecule has 2 aromatic rings. The fourth-order valence-corrected chi connectivity index (χ4v) is 1.84. The lowest BCUT2D eigenvalue weighted by molar-refractivity contribution is 0.0692. The lowest BCUT2D eigenvalue weighted by Gasteiger charge is -2.11. The van der Waals surface area contributed by atoms with Crippen LogP contribution in [0.25, 0.3) is 0 Å². The van der Waals surface area contributed by atoms with E-state index >= 15 is 0 Å². The molecule has 0 aliphatic heterocycles. The molecular weight excluding hydrogens is 285 g/mol. The maximum absolute atomic E-state index is 13.7. The molecule has 0 radical (unpaired) electrons. The maximum Gasteiger partial charge on any atom is 0.339 e. The first-order valence-electron chi connectivity index (χ1n) is 5.67. The minimum Gasteiger partial charge on any atom is -0.488 e. The summed E-state index contributed by atoms with van der Waals surface area (Å²) in [6.45, 7) is -0.143. The van der Waals surface area contributed by atoms with E-state index in [4.69, 9.17) is 27.2 Å². The van der Waals surface area contributed by atoms with Gasteiger partial charge in [-0.05, 0) is 18.2 Å². The van der Waals surface area contributed by atoms with Crippen LogP contribution in [0, 0.1) is 5.82 Å². The lowest BCUT2D eigenvalue weighted by Crippen LogP contribution is -2.05. The largest absolute Gasteiger partial charge is 0.488 e. The molecule has 0 heterocycles. The number of carboxylic acids is 1. The van der Waals surface area contributed by atoms with Gasteiger partial charge in [0.05, 0.1) is 5.02 Å². The topological polar surface area (TPSA) is 72.6 Å². The Kier molecular flexibility index (Phi) is 4.10. The van der Waals surface area contributed by atoms with Crippen molar-refractivity contribution in [3.63, 3.8) is 0 Å². The second-order valence-electron chi connectivity index (χ2n) is 4.06. The van der Waals surface area contributed by atoms with E-state index in [0.29, 0.717) is 5.69 Å². The molecule has 0 saturated carbocycles. The number of hydrogen-bond acceptors (Lipinski definition) is 3. The van der Waals surface area contributed by atoms with E-state index in [-0.39, 0.29) is 28.5 Å². The molecule has 104 valence electrons. The molecule has 0 saturated heterocycles. The van der Waals surface area contributed by atoms with Gasteiger partial charge in [0.15, 0.2) is 0 Å². The molecular formula is C14H11ClFNO3. The second-order valence-corrected chi connectivity index (χ2v) is 4.47. The predicted molar refractivity (Wildman–Crippen MR) is 73.6 cm³/mol. The summed E-state index contributed by atoms with van der Waals surface area (Å²) in [6.07, 6.45) is 0. The highest BCUT2D eigenvalue weighted by Gasteiger charge is 2.13. The van der Waals surface area contributed by atoms with Crippen molar-refractivity contribution in [1.29, 1.82) is 0 Å². The van der Waals surface area contributed by atoms with E-state index in [1.54, 1.807) is 6.07 Å². The van der Waals surface area contributed by atoms with Crippen molar-refractivity contribution >= 4 is 23.3 Å². The summed E-state index contributed by atoms with van der Waals surface area (Å²) in [5.74, 6) is -1.65. The molecule has 0 aliphatic rings. The van der Waals surface area contributed by atoms with E-state index in [2.05, 4.69) is 0 Å². The molecule has 6 heteroatoms. The van der Waals surface area contributed by atoms with Crippen LogP contribution in [0.1, 0.15) is 15.9 Å². The Morgan fingerprint density at radius 3 is 2.80 bits per heavy atom. The minimum absolute atomic E-state index is 0.0165. The van der Waals surface area contributed by atoms with Crippen LogP contribution in [0.15, 0.2) is 36.4 Å². The van der Waals surface area contributed by atoms with E-state index < -0.39 is 11.8 Å². The van der Waals surface area contributed by atoms with Gasteiger partial charge in [0.1, 0.15) is 23.7 Å². The number of carboxylic acid groups (broad SMARTS) is 1. The van der Waals surface area contributed by atoms with Crippen molar-refractivity contribution in [3.05, 3.63) is 58.4 Å². The average molecular weight is 296 g/mol. The van der Waals surface area contributed by atoms with Crippen molar-refractivity contribution in [2.24, 2.45) is 0 Å². The average Bonchev–Trinajstić information content (AvgIpc) is 2.40. The Bertz CT molecular complexity index is 661. The number of rotatable bonds is 4. The Hall–Kier alpha value is -2.27. The van der Waals surface area contributed by atoms with Gasteiger partial charge in [0.2, 0.25) is 0 Å². The predicted octanol–water partition coefficient (Wildman–Crippen LogP) is 3.34. The van der Waals surface area contributed by atoms with Gasteiger partial charge in [-0.3, -0.25) is 0 Å². The second kappa shape index (κ2) is 5.79. The maximum atomic E-state index is 13.7. The number of nitrogen functional groups attached to an aromatic ring is 1. The molecule has 2 rings (SSSR count). The minimum atomic E-state index is -1.15. The monoisotopic (exact) mass is 295 g/mol. The smallest absolute Gasteiger partial charge is 0.339 e. The summed E-state index contributed by atoms with van der Waals surface area (Å²) in [5.41, 5.74) is 6.13. The Morgan fingerprint density at radius 1 is 1.35 bits per heavy atom. The number of nitrogens with two attached hydrogens (primary N) is 1. The van der Waals surface area contributed by atoms with E-state index in [9.17, 15) is 9.18 Å². The number of hydrogen-bond donors (Lipinski definition) is 2. The molecule has 0 atom stereocenters. The Balaban J connectivity index is 2.24. The first-order chi connectivity index (χ1) is 9.49. The van der Waals surface area contributed by atoms with Gasteiger partial charge in [-0.25, -0.2) is 9.18 Å². The number of carbonyl (C=O) groups is 1. The van der Waals surface area contributed by atoms with Crippen LogP contribution < -0.4 is 10.5 Å². The van der Waals surface area contributed by atoms with Crippen molar-refractivity contribution in [3.8, 4) is 5.75 Å². The van der Waals surface area contributed by atoms with E-state index in [1.165, 1.54) is 30.3 Å². The van der Waals surface area contributed by atoms with Gasteiger partial charge in [-0.2, -0.15) is 0 Å². The van der Waals surface area contributed by atoms with Gasteiger partial charge < -0.3 is 15.6 Å². The molecule has 2 aromatic carbocycles. The number of anilines is 1. The highest BCUT2D eigenvalue weighted by molar-refractivity contribution is 6.30. The summed E-state index contributed by atoms with van der Waals surface area (Å²) < 4.78 is 19.0. The Morgan fingerprint density at radius 2 is 2.10 bits per heavy atom. The first-order valence-corrected chi connectivity index (χ1v) is 6.05. The first kappa shape index (κ1) is 14.1. The molecule has 20 heavy (non-hydrogen) atoms. The summed E-state index contributed by atoms with van der Waals surface area (Å²) in [7, 11) is 0. The molecule has 0 amide bonds.